The molecule has 1 aliphatic heterocycles. The average molecular weight is 348 g/mol. The largest absolute Gasteiger partial charge is 0.496 e. The summed E-state index contributed by atoms with van der Waals surface area (Å²) in [5.74, 6) is 1.71. The summed E-state index contributed by atoms with van der Waals surface area (Å²) >= 11 is 0. The fourth-order valence-electron chi connectivity index (χ4n) is 3.10. The van der Waals surface area contributed by atoms with Crippen molar-refractivity contribution < 1.29 is 9.47 Å². The van der Waals surface area contributed by atoms with E-state index in [1.807, 2.05) is 24.3 Å². The highest BCUT2D eigenvalue weighted by molar-refractivity contribution is 5.79. The number of aliphatic imine (C=N–C) groups is 1. The Balaban J connectivity index is 1.93. The topological polar surface area (TPSA) is 58.1 Å². The number of ether oxygens (including phenoxy) is 2. The first-order chi connectivity index (χ1) is 12.2. The molecule has 1 aromatic rings. The lowest BCUT2D eigenvalue weighted by atomic mass is 10.2. The van der Waals surface area contributed by atoms with E-state index >= 15 is 0 Å². The maximum absolute atomic E-state index is 5.53. The summed E-state index contributed by atoms with van der Waals surface area (Å²) in [5.41, 5.74) is 1.08. The van der Waals surface area contributed by atoms with Crippen LogP contribution in [0.15, 0.2) is 29.3 Å². The molecule has 1 aromatic carbocycles. The second-order valence-electron chi connectivity index (χ2n) is 6.40. The molecule has 1 fully saturated rings. The van der Waals surface area contributed by atoms with Crippen LogP contribution in [-0.4, -0.2) is 62.9 Å². The molecule has 2 atom stereocenters. The molecule has 0 aromatic heterocycles. The van der Waals surface area contributed by atoms with Crippen LogP contribution in [-0.2, 0) is 11.3 Å². The van der Waals surface area contributed by atoms with Gasteiger partial charge in [0.05, 0.1) is 26.9 Å². The van der Waals surface area contributed by atoms with Gasteiger partial charge in [-0.15, -0.1) is 0 Å². The Hall–Kier alpha value is -1.79. The summed E-state index contributed by atoms with van der Waals surface area (Å²) < 4.78 is 10.9. The zero-order valence-electron chi connectivity index (χ0n) is 15.9. The van der Waals surface area contributed by atoms with Crippen LogP contribution in [0.4, 0.5) is 0 Å². The van der Waals surface area contributed by atoms with Crippen molar-refractivity contribution in [3.05, 3.63) is 29.8 Å². The predicted octanol–water partition coefficient (Wildman–Crippen LogP) is 1.86. The van der Waals surface area contributed by atoms with Crippen molar-refractivity contribution in [2.24, 2.45) is 4.99 Å². The molecule has 6 heteroatoms. The van der Waals surface area contributed by atoms with Crippen LogP contribution >= 0.6 is 0 Å². The molecule has 1 aliphatic rings. The maximum Gasteiger partial charge on any atom is 0.191 e. The fourth-order valence-corrected chi connectivity index (χ4v) is 3.10. The van der Waals surface area contributed by atoms with E-state index in [0.29, 0.717) is 18.6 Å². The van der Waals surface area contributed by atoms with Crippen molar-refractivity contribution in [3.63, 3.8) is 0 Å². The number of nitrogens with zero attached hydrogens (tertiary/aromatic N) is 2. The van der Waals surface area contributed by atoms with E-state index in [-0.39, 0.29) is 0 Å². The van der Waals surface area contributed by atoms with Crippen molar-refractivity contribution in [2.75, 3.05) is 40.0 Å². The van der Waals surface area contributed by atoms with Gasteiger partial charge in [0.15, 0.2) is 5.96 Å². The Morgan fingerprint density at radius 3 is 2.92 bits per heavy atom. The molecule has 25 heavy (non-hydrogen) atoms. The lowest BCUT2D eigenvalue weighted by molar-refractivity contribution is -0.0174. The lowest BCUT2D eigenvalue weighted by Gasteiger charge is -2.38. The van der Waals surface area contributed by atoms with Gasteiger partial charge in [-0.05, 0) is 26.8 Å². The number of rotatable bonds is 7. The van der Waals surface area contributed by atoms with E-state index in [1.54, 1.807) is 7.11 Å². The summed E-state index contributed by atoms with van der Waals surface area (Å²) in [5, 5.41) is 6.78. The molecule has 2 rings (SSSR count). The van der Waals surface area contributed by atoms with E-state index in [2.05, 4.69) is 36.3 Å². The van der Waals surface area contributed by atoms with Crippen LogP contribution in [0.2, 0.25) is 0 Å². The normalized spacial score (nSPS) is 20.2. The third-order valence-corrected chi connectivity index (χ3v) is 4.49. The van der Waals surface area contributed by atoms with Crippen LogP contribution < -0.4 is 15.4 Å². The molecule has 0 aliphatic carbocycles. The van der Waals surface area contributed by atoms with Crippen LogP contribution in [0.25, 0.3) is 0 Å². The number of methoxy groups -OCH3 is 1. The van der Waals surface area contributed by atoms with Gasteiger partial charge >= 0.3 is 0 Å². The third kappa shape index (κ3) is 5.90. The van der Waals surface area contributed by atoms with E-state index in [4.69, 9.17) is 14.5 Å². The van der Waals surface area contributed by atoms with E-state index in [9.17, 15) is 0 Å². The van der Waals surface area contributed by atoms with E-state index < -0.39 is 0 Å². The van der Waals surface area contributed by atoms with Gasteiger partial charge in [0.1, 0.15) is 5.75 Å². The molecule has 2 unspecified atom stereocenters. The highest BCUT2D eigenvalue weighted by Crippen LogP contribution is 2.17. The SMILES string of the molecule is CCNC(=NCc1ccccc1OC)NCC(C)N1CCOCC1C. The van der Waals surface area contributed by atoms with Gasteiger partial charge in [-0.2, -0.15) is 0 Å². The first kappa shape index (κ1) is 19.5. The molecule has 1 saturated heterocycles. The molecular weight excluding hydrogens is 316 g/mol. The minimum absolute atomic E-state index is 0.425. The van der Waals surface area contributed by atoms with E-state index in [1.165, 1.54) is 0 Å². The number of benzene rings is 1. The molecule has 0 saturated carbocycles. The Morgan fingerprint density at radius 2 is 2.20 bits per heavy atom. The molecular formula is C19H32N4O2. The van der Waals surface area contributed by atoms with Gasteiger partial charge in [0.2, 0.25) is 0 Å². The molecule has 0 spiro atoms. The standard InChI is InChI=1S/C19H32N4O2/c1-5-20-19(22-13-17-8-6-7-9-18(17)24-4)21-12-15(2)23-10-11-25-14-16(23)3/h6-9,15-16H,5,10-14H2,1-4H3,(H2,20,21,22). The smallest absolute Gasteiger partial charge is 0.191 e. The summed E-state index contributed by atoms with van der Waals surface area (Å²) in [6, 6.07) is 8.88. The van der Waals surface area contributed by atoms with Gasteiger partial charge in [-0.3, -0.25) is 4.90 Å². The first-order valence-corrected chi connectivity index (χ1v) is 9.13. The quantitative estimate of drug-likeness (QED) is 0.582. The molecule has 1 heterocycles. The van der Waals surface area contributed by atoms with Crippen LogP contribution in [0.5, 0.6) is 5.75 Å². The van der Waals surface area contributed by atoms with Crippen molar-refractivity contribution in [1.29, 1.82) is 0 Å². The number of hydrogen-bond acceptors (Lipinski definition) is 4. The Labute approximate surface area is 151 Å². The average Bonchev–Trinajstić information content (AvgIpc) is 2.64. The number of para-hydroxylation sites is 1. The summed E-state index contributed by atoms with van der Waals surface area (Å²) in [6.07, 6.45) is 0. The minimum Gasteiger partial charge on any atom is -0.496 e. The Kier molecular flexibility index (Phi) is 8.01. The minimum atomic E-state index is 0.425. The van der Waals surface area contributed by atoms with Crippen molar-refractivity contribution >= 4 is 5.96 Å². The summed E-state index contributed by atoms with van der Waals surface area (Å²) in [7, 11) is 1.69. The zero-order valence-corrected chi connectivity index (χ0v) is 15.9. The first-order valence-electron chi connectivity index (χ1n) is 9.13. The number of hydrogen-bond donors (Lipinski definition) is 2. The molecule has 0 amide bonds. The van der Waals surface area contributed by atoms with Crippen LogP contribution in [0, 0.1) is 0 Å². The lowest BCUT2D eigenvalue weighted by Crippen LogP contribution is -2.53. The Bertz CT molecular complexity index is 550. The van der Waals surface area contributed by atoms with Gasteiger partial charge < -0.3 is 20.1 Å². The molecule has 140 valence electrons. The second-order valence-corrected chi connectivity index (χ2v) is 6.40. The fraction of sp³-hybridized carbons (Fsp3) is 0.632. The number of guanidine groups is 1. The van der Waals surface area contributed by atoms with E-state index in [0.717, 1.165) is 50.1 Å². The highest BCUT2D eigenvalue weighted by atomic mass is 16.5. The molecule has 0 radical (unpaired) electrons. The highest BCUT2D eigenvalue weighted by Gasteiger charge is 2.23. The van der Waals surface area contributed by atoms with Gasteiger partial charge in [0, 0.05) is 37.3 Å². The van der Waals surface area contributed by atoms with Crippen molar-refractivity contribution in [2.45, 2.75) is 39.4 Å². The summed E-state index contributed by atoms with van der Waals surface area (Å²) in [6.45, 7) is 11.4. The van der Waals surface area contributed by atoms with Gasteiger partial charge in [-0.1, -0.05) is 18.2 Å². The maximum atomic E-state index is 5.53. The Morgan fingerprint density at radius 1 is 1.40 bits per heavy atom. The van der Waals surface area contributed by atoms with Crippen LogP contribution in [0.1, 0.15) is 26.3 Å². The second kappa shape index (κ2) is 10.3. The van der Waals surface area contributed by atoms with Crippen molar-refractivity contribution in [1.82, 2.24) is 15.5 Å². The van der Waals surface area contributed by atoms with Crippen molar-refractivity contribution in [3.8, 4) is 5.75 Å². The molecule has 2 N–H and O–H groups in total. The third-order valence-electron chi connectivity index (χ3n) is 4.49. The molecule has 0 bridgehead atoms. The number of nitrogens with one attached hydrogen (secondary N) is 2. The summed E-state index contributed by atoms with van der Waals surface area (Å²) in [4.78, 5) is 7.19. The number of morpholine rings is 1. The van der Waals surface area contributed by atoms with Gasteiger partial charge in [0.25, 0.3) is 0 Å². The zero-order chi connectivity index (χ0) is 18.1. The van der Waals surface area contributed by atoms with Crippen LogP contribution in [0.3, 0.4) is 0 Å². The monoisotopic (exact) mass is 348 g/mol. The predicted molar refractivity (Wildman–Crippen MR) is 102 cm³/mol. The molecule has 6 nitrogen and oxygen atoms in total. The van der Waals surface area contributed by atoms with Gasteiger partial charge in [-0.25, -0.2) is 4.99 Å².